The summed E-state index contributed by atoms with van der Waals surface area (Å²) in [5.41, 5.74) is 15.4. The number of rotatable bonds is 7. The predicted octanol–water partition coefficient (Wildman–Crippen LogP) is 4.95. The summed E-state index contributed by atoms with van der Waals surface area (Å²) in [6, 6.07) is 21.2. The summed E-state index contributed by atoms with van der Waals surface area (Å²) in [4.78, 5) is 3.51. The first-order valence-corrected chi connectivity index (χ1v) is 12.5. The van der Waals surface area contributed by atoms with Gasteiger partial charge in [-0.2, -0.15) is 10.3 Å². The van der Waals surface area contributed by atoms with Crippen molar-refractivity contribution in [3.05, 3.63) is 71.8 Å². The van der Waals surface area contributed by atoms with Crippen LogP contribution < -0.4 is 11.5 Å². The fourth-order valence-corrected chi connectivity index (χ4v) is 4.07. The van der Waals surface area contributed by atoms with Crippen LogP contribution in [0.15, 0.2) is 65.7 Å². The van der Waals surface area contributed by atoms with Crippen LogP contribution in [0.1, 0.15) is 25.0 Å². The van der Waals surface area contributed by atoms with Crippen molar-refractivity contribution >= 4 is 27.9 Å². The minimum atomic E-state index is 0.138. The van der Waals surface area contributed by atoms with Crippen molar-refractivity contribution in [2.45, 2.75) is 38.8 Å². The Morgan fingerprint density at radius 3 is 1.47 bits per heavy atom. The van der Waals surface area contributed by atoms with Gasteiger partial charge in [0.05, 0.1) is 0 Å². The molecule has 4 atom stereocenters. The van der Waals surface area contributed by atoms with Crippen LogP contribution in [0.5, 0.6) is 0 Å². The summed E-state index contributed by atoms with van der Waals surface area (Å²) in [6.07, 6.45) is 7.32. The maximum atomic E-state index is 8.03. The van der Waals surface area contributed by atoms with Crippen molar-refractivity contribution < 1.29 is 0 Å². The minimum Gasteiger partial charge on any atom is -0.327 e. The molecule has 0 saturated carbocycles. The van der Waals surface area contributed by atoms with E-state index in [1.165, 1.54) is 34.7 Å². The van der Waals surface area contributed by atoms with E-state index in [0.29, 0.717) is 11.8 Å². The SMILES string of the molecule is CSC(=NC#N)SC.C[C@H]([C@@H](C)[C@H](N)Cc1ccccc1)[C@H](N)Cc1ccccc1. The summed E-state index contributed by atoms with van der Waals surface area (Å²) in [5.74, 6) is 0.776. The largest absolute Gasteiger partial charge is 0.327 e. The fraction of sp³-hybridized carbons (Fsp3) is 0.417. The van der Waals surface area contributed by atoms with E-state index in [9.17, 15) is 0 Å². The van der Waals surface area contributed by atoms with Crippen molar-refractivity contribution in [3.8, 4) is 6.19 Å². The summed E-state index contributed by atoms with van der Waals surface area (Å²) in [6.45, 7) is 4.45. The molecule has 0 bridgehead atoms. The number of benzene rings is 2. The first-order valence-electron chi connectivity index (χ1n) is 10.1. The monoisotopic (exact) mass is 442 g/mol. The van der Waals surface area contributed by atoms with E-state index in [2.05, 4.69) is 67.4 Å². The highest BCUT2D eigenvalue weighted by atomic mass is 32.2. The Morgan fingerprint density at radius 2 is 1.20 bits per heavy atom. The Morgan fingerprint density at radius 1 is 0.833 bits per heavy atom. The third-order valence-corrected chi connectivity index (χ3v) is 7.18. The van der Waals surface area contributed by atoms with Gasteiger partial charge < -0.3 is 11.5 Å². The van der Waals surface area contributed by atoms with Crippen LogP contribution in [0.4, 0.5) is 0 Å². The van der Waals surface area contributed by atoms with Crippen LogP contribution >= 0.6 is 23.5 Å². The summed E-state index contributed by atoms with van der Waals surface area (Å²) in [5, 5.41) is 8.03. The number of hydrogen-bond donors (Lipinski definition) is 2. The number of aliphatic imine (C=N–C) groups is 1. The van der Waals surface area contributed by atoms with Crippen LogP contribution in [-0.4, -0.2) is 29.0 Å². The second kappa shape index (κ2) is 15.1. The van der Waals surface area contributed by atoms with Crippen molar-refractivity contribution in [3.63, 3.8) is 0 Å². The van der Waals surface area contributed by atoms with Crippen molar-refractivity contribution in [1.82, 2.24) is 0 Å². The predicted molar refractivity (Wildman–Crippen MR) is 135 cm³/mol. The van der Waals surface area contributed by atoms with E-state index >= 15 is 0 Å². The van der Waals surface area contributed by atoms with Gasteiger partial charge in [-0.25, -0.2) is 0 Å². The van der Waals surface area contributed by atoms with Crippen molar-refractivity contribution in [2.75, 3.05) is 12.5 Å². The second-order valence-corrected chi connectivity index (χ2v) is 9.16. The number of nitriles is 1. The first-order chi connectivity index (χ1) is 14.4. The van der Waals surface area contributed by atoms with Gasteiger partial charge in [0.2, 0.25) is 6.19 Å². The first kappa shape index (κ1) is 26.3. The Labute approximate surface area is 190 Å². The molecule has 0 aliphatic rings. The molecule has 0 fully saturated rings. The Kier molecular flexibility index (Phi) is 13.2. The fourth-order valence-electron chi connectivity index (χ4n) is 3.14. The lowest BCUT2D eigenvalue weighted by Gasteiger charge is -2.30. The quantitative estimate of drug-likeness (QED) is 0.360. The van der Waals surface area contributed by atoms with Gasteiger partial charge in [-0.05, 0) is 48.3 Å². The van der Waals surface area contributed by atoms with Gasteiger partial charge >= 0.3 is 0 Å². The topological polar surface area (TPSA) is 88.2 Å². The van der Waals surface area contributed by atoms with E-state index in [1.807, 2.05) is 24.6 Å². The molecule has 0 spiro atoms. The Balaban J connectivity index is 0.000000479. The third-order valence-electron chi connectivity index (χ3n) is 5.30. The van der Waals surface area contributed by atoms with Gasteiger partial charge in [0.1, 0.15) is 4.38 Å². The molecule has 2 rings (SSSR count). The molecule has 30 heavy (non-hydrogen) atoms. The standard InChI is InChI=1S/C20H28N2.C4H6N2S2/c1-15(19(21)13-17-9-5-3-6-10-17)16(2)20(22)14-18-11-7-4-8-12-18;1-7-4(8-2)6-3-5/h3-12,15-16,19-20H,13-14,21-22H2,1-2H3;1-2H3/t15-,16-,19-,20-;/m1./s1. The van der Waals surface area contributed by atoms with Crippen LogP contribution in [0.3, 0.4) is 0 Å². The molecule has 0 aromatic heterocycles. The third kappa shape index (κ3) is 9.82. The highest BCUT2D eigenvalue weighted by Crippen LogP contribution is 2.21. The smallest absolute Gasteiger partial charge is 0.207 e. The normalized spacial score (nSPS) is 14.3. The zero-order valence-electron chi connectivity index (χ0n) is 18.4. The van der Waals surface area contributed by atoms with Gasteiger partial charge in [0.15, 0.2) is 0 Å². The van der Waals surface area contributed by atoms with Crippen molar-refractivity contribution in [2.24, 2.45) is 28.3 Å². The number of thioether (sulfide) groups is 2. The molecule has 2 aromatic rings. The molecule has 4 N–H and O–H groups in total. The van der Waals surface area contributed by atoms with Gasteiger partial charge in [-0.1, -0.05) is 74.5 Å². The average molecular weight is 443 g/mol. The highest BCUT2D eigenvalue weighted by Gasteiger charge is 2.24. The number of nitrogens with two attached hydrogens (primary N) is 2. The molecular weight excluding hydrogens is 408 g/mol. The Hall–Kier alpha value is -1.78. The molecule has 6 heteroatoms. The van der Waals surface area contributed by atoms with Crippen LogP contribution in [0, 0.1) is 23.3 Å². The van der Waals surface area contributed by atoms with E-state index in [0.717, 1.165) is 17.2 Å². The summed E-state index contributed by atoms with van der Waals surface area (Å²) < 4.78 is 0.813. The zero-order chi connectivity index (χ0) is 22.4. The van der Waals surface area contributed by atoms with E-state index in [-0.39, 0.29) is 12.1 Å². The lowest BCUT2D eigenvalue weighted by Crippen LogP contribution is -2.42. The van der Waals surface area contributed by atoms with Gasteiger partial charge in [-0.3, -0.25) is 0 Å². The van der Waals surface area contributed by atoms with Gasteiger partial charge in [0, 0.05) is 12.1 Å². The highest BCUT2D eigenvalue weighted by molar-refractivity contribution is 8.38. The van der Waals surface area contributed by atoms with Gasteiger partial charge in [0.25, 0.3) is 0 Å². The van der Waals surface area contributed by atoms with Crippen LogP contribution in [-0.2, 0) is 12.8 Å². The van der Waals surface area contributed by atoms with E-state index < -0.39 is 0 Å². The molecule has 0 aliphatic carbocycles. The van der Waals surface area contributed by atoms with E-state index in [1.54, 1.807) is 6.19 Å². The molecule has 0 heterocycles. The molecule has 0 aliphatic heterocycles. The maximum Gasteiger partial charge on any atom is 0.207 e. The molecule has 2 aromatic carbocycles. The molecule has 0 unspecified atom stereocenters. The number of hydrogen-bond acceptors (Lipinski definition) is 6. The van der Waals surface area contributed by atoms with Gasteiger partial charge in [-0.15, -0.1) is 23.5 Å². The average Bonchev–Trinajstić information content (AvgIpc) is 2.78. The summed E-state index contributed by atoms with van der Waals surface area (Å²) >= 11 is 2.97. The number of nitrogens with zero attached hydrogens (tertiary/aromatic N) is 2. The van der Waals surface area contributed by atoms with E-state index in [4.69, 9.17) is 16.7 Å². The maximum absolute atomic E-state index is 8.03. The Bertz CT molecular complexity index is 717. The van der Waals surface area contributed by atoms with Crippen LogP contribution in [0.2, 0.25) is 0 Å². The lowest BCUT2D eigenvalue weighted by molar-refractivity contribution is 0.277. The van der Waals surface area contributed by atoms with Crippen molar-refractivity contribution in [1.29, 1.82) is 5.26 Å². The summed E-state index contributed by atoms with van der Waals surface area (Å²) in [7, 11) is 0. The molecule has 0 radical (unpaired) electrons. The molecule has 0 saturated heterocycles. The molecule has 4 nitrogen and oxygen atoms in total. The molecular formula is C24H34N4S2. The molecule has 0 amide bonds. The van der Waals surface area contributed by atoms with Crippen LogP contribution in [0.25, 0.3) is 0 Å². The minimum absolute atomic E-state index is 0.138. The zero-order valence-corrected chi connectivity index (χ0v) is 20.0. The lowest BCUT2D eigenvalue weighted by atomic mass is 9.80. The molecule has 162 valence electrons. The second-order valence-electron chi connectivity index (χ2n) is 7.31.